The second kappa shape index (κ2) is 12.1. The molecule has 0 N–H and O–H groups in total. The first kappa shape index (κ1) is 29.0. The third-order valence-corrected chi connectivity index (χ3v) is 8.24. The molecule has 210 valence electrons. The van der Waals surface area contributed by atoms with E-state index in [0.717, 1.165) is 11.1 Å². The lowest BCUT2D eigenvalue weighted by atomic mass is 9.96. The number of halogens is 3. The summed E-state index contributed by atoms with van der Waals surface area (Å²) in [7, 11) is 2.87. The first-order chi connectivity index (χ1) is 19.7. The Morgan fingerprint density at radius 3 is 2.41 bits per heavy atom. The number of carbonyl (C=O) groups is 1. The summed E-state index contributed by atoms with van der Waals surface area (Å²) >= 11 is 19.8. The first-order valence-corrected chi connectivity index (χ1v) is 14.3. The summed E-state index contributed by atoms with van der Waals surface area (Å²) in [5, 5.41) is 0.971. The van der Waals surface area contributed by atoms with Gasteiger partial charge in [-0.25, -0.2) is 9.79 Å². The maximum atomic E-state index is 13.8. The summed E-state index contributed by atoms with van der Waals surface area (Å²) in [6, 6.07) is 17.3. The summed E-state index contributed by atoms with van der Waals surface area (Å²) < 4.78 is 18.5. The van der Waals surface area contributed by atoms with Crippen LogP contribution in [0, 0.1) is 0 Å². The Bertz CT molecular complexity index is 1840. The molecule has 1 aliphatic rings. The molecule has 0 bridgehead atoms. The van der Waals surface area contributed by atoms with Crippen LogP contribution in [0.3, 0.4) is 0 Å². The van der Waals surface area contributed by atoms with Gasteiger partial charge >= 0.3 is 5.97 Å². The number of esters is 1. The van der Waals surface area contributed by atoms with Gasteiger partial charge in [-0.3, -0.25) is 9.36 Å². The molecule has 1 atom stereocenters. The number of carbonyl (C=O) groups excluding carboxylic acids is 1. The minimum atomic E-state index is -0.671. The number of hydrogen-bond donors (Lipinski definition) is 0. The Labute approximate surface area is 254 Å². The van der Waals surface area contributed by atoms with E-state index in [1.54, 1.807) is 42.9 Å². The van der Waals surface area contributed by atoms with Gasteiger partial charge in [0.15, 0.2) is 10.6 Å². The Balaban J connectivity index is 1.57. The molecule has 3 aromatic carbocycles. The topological polar surface area (TPSA) is 79.1 Å². The standard InChI is InChI=1S/C30H23Cl3N2O5S/c1-16-25(29(37)39-3)26(18-7-5-4-6-8-18)35-28(36)24(41-30(35)34-16)12-17-9-10-23(38-2)19(11-17)15-40-27-21(32)13-20(31)14-22(27)33/h4-14,26H,15H2,1-3H3/t26-/m1/s1. The first-order valence-electron chi connectivity index (χ1n) is 12.3. The lowest BCUT2D eigenvalue weighted by Gasteiger charge is -2.24. The van der Waals surface area contributed by atoms with E-state index in [-0.39, 0.29) is 22.2 Å². The number of benzene rings is 3. The molecule has 41 heavy (non-hydrogen) atoms. The molecule has 1 aliphatic heterocycles. The van der Waals surface area contributed by atoms with Crippen molar-refractivity contribution in [2.45, 2.75) is 19.6 Å². The van der Waals surface area contributed by atoms with Crippen LogP contribution in [0.2, 0.25) is 15.1 Å². The Kier molecular flexibility index (Phi) is 8.56. The fraction of sp³-hybridized carbons (Fsp3) is 0.167. The fourth-order valence-corrected chi connectivity index (χ4v) is 6.59. The predicted octanol–water partition coefficient (Wildman–Crippen LogP) is 5.96. The van der Waals surface area contributed by atoms with Crippen LogP contribution < -0.4 is 24.4 Å². The van der Waals surface area contributed by atoms with Crippen LogP contribution in [-0.2, 0) is 16.1 Å². The smallest absolute Gasteiger partial charge is 0.338 e. The van der Waals surface area contributed by atoms with E-state index in [2.05, 4.69) is 4.99 Å². The average Bonchev–Trinajstić information content (AvgIpc) is 3.25. The summed E-state index contributed by atoms with van der Waals surface area (Å²) in [5.74, 6) is 0.360. The Morgan fingerprint density at radius 1 is 1.05 bits per heavy atom. The lowest BCUT2D eigenvalue weighted by Crippen LogP contribution is -2.39. The second-order valence-corrected chi connectivity index (χ2v) is 11.3. The average molecular weight is 630 g/mol. The highest BCUT2D eigenvalue weighted by Crippen LogP contribution is 2.37. The van der Waals surface area contributed by atoms with Crippen molar-refractivity contribution >= 4 is 58.2 Å². The van der Waals surface area contributed by atoms with Gasteiger partial charge in [0.1, 0.15) is 12.4 Å². The minimum Gasteiger partial charge on any atom is -0.496 e. The van der Waals surface area contributed by atoms with Gasteiger partial charge in [0.05, 0.1) is 46.1 Å². The van der Waals surface area contributed by atoms with Crippen LogP contribution in [0.25, 0.3) is 6.08 Å². The third-order valence-electron chi connectivity index (χ3n) is 6.48. The molecule has 0 aliphatic carbocycles. The number of ether oxygens (including phenoxy) is 3. The molecular formula is C30H23Cl3N2O5S. The van der Waals surface area contributed by atoms with Crippen molar-refractivity contribution in [1.82, 2.24) is 4.57 Å². The third kappa shape index (κ3) is 5.78. The maximum Gasteiger partial charge on any atom is 0.338 e. The highest BCUT2D eigenvalue weighted by molar-refractivity contribution is 7.07. The zero-order chi connectivity index (χ0) is 29.3. The van der Waals surface area contributed by atoms with Gasteiger partial charge in [-0.05, 0) is 48.4 Å². The number of aromatic nitrogens is 1. The van der Waals surface area contributed by atoms with Gasteiger partial charge < -0.3 is 14.2 Å². The van der Waals surface area contributed by atoms with E-state index in [9.17, 15) is 9.59 Å². The SMILES string of the molecule is COC(=O)C1=C(C)N=c2sc(=Cc3ccc(OC)c(COc4c(Cl)cc(Cl)cc4Cl)c3)c(=O)n2[C@@H]1c1ccccc1. The molecule has 0 saturated heterocycles. The van der Waals surface area contributed by atoms with Gasteiger partial charge in [0, 0.05) is 10.6 Å². The van der Waals surface area contributed by atoms with E-state index in [0.29, 0.717) is 42.7 Å². The van der Waals surface area contributed by atoms with Crippen molar-refractivity contribution in [1.29, 1.82) is 0 Å². The molecule has 0 spiro atoms. The number of thiazole rings is 1. The normalized spacial score (nSPS) is 14.9. The Hall–Kier alpha value is -3.56. The van der Waals surface area contributed by atoms with Crippen molar-refractivity contribution in [3.05, 3.63) is 123 Å². The molecule has 4 aromatic rings. The summed E-state index contributed by atoms with van der Waals surface area (Å²) in [6.45, 7) is 1.84. The molecule has 0 unspecified atom stereocenters. The predicted molar refractivity (Wildman–Crippen MR) is 161 cm³/mol. The molecule has 0 radical (unpaired) electrons. The second-order valence-electron chi connectivity index (χ2n) is 9.04. The molecule has 2 heterocycles. The van der Waals surface area contributed by atoms with Crippen LogP contribution in [-0.4, -0.2) is 24.8 Å². The molecule has 1 aromatic heterocycles. The number of rotatable bonds is 7. The van der Waals surface area contributed by atoms with Crippen LogP contribution in [0.5, 0.6) is 11.5 Å². The summed E-state index contributed by atoms with van der Waals surface area (Å²) in [6.07, 6.45) is 1.77. The number of allylic oxidation sites excluding steroid dienone is 1. The zero-order valence-corrected chi connectivity index (χ0v) is 25.2. The van der Waals surface area contributed by atoms with Crippen LogP contribution in [0.4, 0.5) is 0 Å². The van der Waals surface area contributed by atoms with E-state index in [1.807, 2.05) is 42.5 Å². The van der Waals surface area contributed by atoms with Gasteiger partial charge in [-0.2, -0.15) is 0 Å². The van der Waals surface area contributed by atoms with Crippen molar-refractivity contribution in [3.8, 4) is 11.5 Å². The van der Waals surface area contributed by atoms with E-state index >= 15 is 0 Å². The molecule has 0 saturated carbocycles. The van der Waals surface area contributed by atoms with E-state index in [4.69, 9.17) is 49.0 Å². The van der Waals surface area contributed by atoms with Crippen molar-refractivity contribution in [2.24, 2.45) is 4.99 Å². The molecule has 5 rings (SSSR count). The molecule has 0 fully saturated rings. The molecule has 7 nitrogen and oxygen atoms in total. The van der Waals surface area contributed by atoms with Gasteiger partial charge in [-0.1, -0.05) is 82.5 Å². The fourth-order valence-electron chi connectivity index (χ4n) is 4.61. The van der Waals surface area contributed by atoms with E-state index in [1.165, 1.54) is 18.4 Å². The van der Waals surface area contributed by atoms with Crippen LogP contribution in [0.15, 0.2) is 81.7 Å². The summed E-state index contributed by atoms with van der Waals surface area (Å²) in [4.78, 5) is 31.7. The van der Waals surface area contributed by atoms with Crippen molar-refractivity contribution < 1.29 is 19.0 Å². The Morgan fingerprint density at radius 2 is 1.76 bits per heavy atom. The number of hydrogen-bond acceptors (Lipinski definition) is 7. The number of nitrogens with zero attached hydrogens (tertiary/aromatic N) is 2. The van der Waals surface area contributed by atoms with Crippen molar-refractivity contribution in [3.63, 3.8) is 0 Å². The largest absolute Gasteiger partial charge is 0.496 e. The zero-order valence-electron chi connectivity index (χ0n) is 22.1. The van der Waals surface area contributed by atoms with Crippen LogP contribution in [0.1, 0.15) is 29.7 Å². The highest BCUT2D eigenvalue weighted by atomic mass is 35.5. The van der Waals surface area contributed by atoms with Gasteiger partial charge in [0.2, 0.25) is 0 Å². The summed E-state index contributed by atoms with van der Waals surface area (Å²) in [5.41, 5.74) is 2.77. The van der Waals surface area contributed by atoms with Crippen LogP contribution >= 0.6 is 46.1 Å². The van der Waals surface area contributed by atoms with Gasteiger partial charge in [-0.15, -0.1) is 0 Å². The van der Waals surface area contributed by atoms with Gasteiger partial charge in [0.25, 0.3) is 5.56 Å². The number of fused-ring (bicyclic) bond motifs is 1. The molecule has 0 amide bonds. The lowest BCUT2D eigenvalue weighted by molar-refractivity contribution is -0.136. The van der Waals surface area contributed by atoms with E-state index < -0.39 is 12.0 Å². The maximum absolute atomic E-state index is 13.8. The molecule has 11 heteroatoms. The monoisotopic (exact) mass is 628 g/mol. The number of methoxy groups -OCH3 is 2. The van der Waals surface area contributed by atoms with Crippen molar-refractivity contribution in [2.75, 3.05) is 14.2 Å². The minimum absolute atomic E-state index is 0.100. The molecular weight excluding hydrogens is 607 g/mol. The quantitative estimate of drug-likeness (QED) is 0.236. The highest BCUT2D eigenvalue weighted by Gasteiger charge is 2.32.